The van der Waals surface area contributed by atoms with E-state index >= 15 is 0 Å². The van der Waals surface area contributed by atoms with Gasteiger partial charge in [-0.15, -0.1) is 0 Å². The molecule has 2 unspecified atom stereocenters. The second-order valence-electron chi connectivity index (χ2n) is 5.05. The third kappa shape index (κ3) is 2.88. The lowest BCUT2D eigenvalue weighted by Crippen LogP contribution is -2.49. The average Bonchev–Trinajstić information content (AvgIpc) is 2.38. The van der Waals surface area contributed by atoms with Crippen LogP contribution in [0.5, 0.6) is 0 Å². The fraction of sp³-hybridized carbons (Fsp3) is 0.500. The van der Waals surface area contributed by atoms with Gasteiger partial charge in [0.1, 0.15) is 5.84 Å². The molecule has 0 spiro atoms. The molecule has 5 nitrogen and oxygen atoms in total. The molecule has 1 saturated heterocycles. The van der Waals surface area contributed by atoms with Crippen molar-refractivity contribution in [2.24, 2.45) is 5.73 Å². The zero-order chi connectivity index (χ0) is 14.0. The van der Waals surface area contributed by atoms with E-state index in [1.807, 2.05) is 25.1 Å². The summed E-state index contributed by atoms with van der Waals surface area (Å²) in [6, 6.07) is 6.15. The Hall–Kier alpha value is -1.59. The van der Waals surface area contributed by atoms with Crippen LogP contribution in [-0.2, 0) is 4.74 Å². The van der Waals surface area contributed by atoms with Gasteiger partial charge in [-0.1, -0.05) is 0 Å². The van der Waals surface area contributed by atoms with E-state index in [0.29, 0.717) is 13.2 Å². The first kappa shape index (κ1) is 13.8. The van der Waals surface area contributed by atoms with E-state index in [1.165, 1.54) is 0 Å². The minimum Gasteiger partial charge on any atom is -0.394 e. The van der Waals surface area contributed by atoms with Crippen LogP contribution in [-0.4, -0.2) is 42.8 Å². The highest BCUT2D eigenvalue weighted by Gasteiger charge is 2.26. The van der Waals surface area contributed by atoms with Gasteiger partial charge in [-0.05, 0) is 37.6 Å². The predicted octanol–water partition coefficient (Wildman–Crippen LogP) is 0.865. The van der Waals surface area contributed by atoms with Gasteiger partial charge < -0.3 is 20.5 Å². The van der Waals surface area contributed by atoms with Crippen molar-refractivity contribution >= 4 is 11.5 Å². The highest BCUT2D eigenvalue weighted by atomic mass is 16.5. The molecule has 0 aliphatic carbocycles. The second kappa shape index (κ2) is 5.59. The van der Waals surface area contributed by atoms with Crippen molar-refractivity contribution < 1.29 is 9.84 Å². The Kier molecular flexibility index (Phi) is 4.07. The number of benzene rings is 1. The molecule has 1 heterocycles. The van der Waals surface area contributed by atoms with Gasteiger partial charge in [0.15, 0.2) is 0 Å². The summed E-state index contributed by atoms with van der Waals surface area (Å²) in [4.78, 5) is 2.22. The van der Waals surface area contributed by atoms with Crippen LogP contribution in [0.1, 0.15) is 18.1 Å². The number of nitrogen functional groups attached to an aromatic ring is 1. The highest BCUT2D eigenvalue weighted by molar-refractivity contribution is 5.96. The molecule has 0 aromatic heterocycles. The number of anilines is 1. The number of amidine groups is 1. The zero-order valence-electron chi connectivity index (χ0n) is 11.4. The molecule has 5 heteroatoms. The Labute approximate surface area is 113 Å². The minimum atomic E-state index is -0.135. The van der Waals surface area contributed by atoms with Gasteiger partial charge in [0.25, 0.3) is 0 Å². The van der Waals surface area contributed by atoms with E-state index in [9.17, 15) is 5.11 Å². The van der Waals surface area contributed by atoms with E-state index in [0.717, 1.165) is 16.8 Å². The Balaban J connectivity index is 2.25. The van der Waals surface area contributed by atoms with Crippen molar-refractivity contribution in [3.8, 4) is 0 Å². The van der Waals surface area contributed by atoms with Crippen molar-refractivity contribution in [1.82, 2.24) is 0 Å². The van der Waals surface area contributed by atoms with Crippen molar-refractivity contribution in [3.63, 3.8) is 0 Å². The Bertz CT molecular complexity index is 476. The Morgan fingerprint density at radius 2 is 2.32 bits per heavy atom. The average molecular weight is 263 g/mol. The summed E-state index contributed by atoms with van der Waals surface area (Å²) < 4.78 is 5.54. The predicted molar refractivity (Wildman–Crippen MR) is 75.8 cm³/mol. The molecule has 2 rings (SSSR count). The number of hydrogen-bond donors (Lipinski definition) is 3. The summed E-state index contributed by atoms with van der Waals surface area (Å²) in [5.41, 5.74) is 8.37. The van der Waals surface area contributed by atoms with Gasteiger partial charge >= 0.3 is 0 Å². The first-order valence-electron chi connectivity index (χ1n) is 6.47. The van der Waals surface area contributed by atoms with Crippen LogP contribution >= 0.6 is 0 Å². The molecule has 0 radical (unpaired) electrons. The molecular formula is C14H21N3O2. The number of rotatable bonds is 3. The van der Waals surface area contributed by atoms with Gasteiger partial charge in [0, 0.05) is 23.8 Å². The SMILES string of the molecule is Cc1cc(N2CC(CO)OCC2C)ccc1C(=N)N. The van der Waals surface area contributed by atoms with Crippen molar-refractivity contribution in [2.75, 3.05) is 24.7 Å². The van der Waals surface area contributed by atoms with Crippen LogP contribution in [0.25, 0.3) is 0 Å². The maximum absolute atomic E-state index is 9.22. The number of nitrogens with two attached hydrogens (primary N) is 1. The number of nitrogens with one attached hydrogen (secondary N) is 1. The van der Waals surface area contributed by atoms with Crippen molar-refractivity contribution in [3.05, 3.63) is 29.3 Å². The van der Waals surface area contributed by atoms with Gasteiger partial charge in [0.05, 0.1) is 19.3 Å². The van der Waals surface area contributed by atoms with Crippen LogP contribution < -0.4 is 10.6 Å². The van der Waals surface area contributed by atoms with E-state index in [2.05, 4.69) is 11.8 Å². The molecule has 1 aromatic rings. The first-order valence-corrected chi connectivity index (χ1v) is 6.47. The molecule has 0 saturated carbocycles. The largest absolute Gasteiger partial charge is 0.394 e. The van der Waals surface area contributed by atoms with Crippen LogP contribution in [0.3, 0.4) is 0 Å². The normalized spacial score (nSPS) is 23.4. The second-order valence-corrected chi connectivity index (χ2v) is 5.05. The summed E-state index contributed by atoms with van der Waals surface area (Å²) in [5.74, 6) is 0.0901. The highest BCUT2D eigenvalue weighted by Crippen LogP contribution is 2.24. The number of aryl methyl sites for hydroxylation is 1. The van der Waals surface area contributed by atoms with E-state index < -0.39 is 0 Å². The Morgan fingerprint density at radius 3 is 2.89 bits per heavy atom. The quantitative estimate of drug-likeness (QED) is 0.558. The van der Waals surface area contributed by atoms with Gasteiger partial charge in [-0.3, -0.25) is 5.41 Å². The fourth-order valence-corrected chi connectivity index (χ4v) is 2.42. The van der Waals surface area contributed by atoms with Crippen LogP contribution in [0.15, 0.2) is 18.2 Å². The third-order valence-electron chi connectivity index (χ3n) is 3.54. The van der Waals surface area contributed by atoms with Crippen LogP contribution in [0.4, 0.5) is 5.69 Å². The number of aliphatic hydroxyl groups excluding tert-OH is 1. The molecule has 104 valence electrons. The summed E-state index contributed by atoms with van der Waals surface area (Å²) in [7, 11) is 0. The molecule has 1 aromatic carbocycles. The number of ether oxygens (including phenoxy) is 1. The Morgan fingerprint density at radius 1 is 1.58 bits per heavy atom. The monoisotopic (exact) mass is 263 g/mol. The first-order chi connectivity index (χ1) is 9.02. The lowest BCUT2D eigenvalue weighted by molar-refractivity contribution is -0.0103. The summed E-state index contributed by atoms with van der Waals surface area (Å²) >= 11 is 0. The molecule has 1 aliphatic rings. The maximum atomic E-state index is 9.22. The lowest BCUT2D eigenvalue weighted by atomic mass is 10.1. The van der Waals surface area contributed by atoms with Gasteiger partial charge in [0.2, 0.25) is 0 Å². The molecular weight excluding hydrogens is 242 g/mol. The summed E-state index contributed by atoms with van der Waals surface area (Å²) in [6.07, 6.45) is -0.135. The fourth-order valence-electron chi connectivity index (χ4n) is 2.42. The molecule has 0 amide bonds. The number of aliphatic hydroxyl groups is 1. The van der Waals surface area contributed by atoms with Gasteiger partial charge in [-0.2, -0.15) is 0 Å². The summed E-state index contributed by atoms with van der Waals surface area (Å²) in [5, 5.41) is 16.7. The third-order valence-corrected chi connectivity index (χ3v) is 3.54. The summed E-state index contributed by atoms with van der Waals surface area (Å²) in [6.45, 7) is 5.37. The smallest absolute Gasteiger partial charge is 0.123 e. The molecule has 1 fully saturated rings. The molecule has 2 atom stereocenters. The van der Waals surface area contributed by atoms with E-state index in [-0.39, 0.29) is 24.6 Å². The minimum absolute atomic E-state index is 0.0354. The molecule has 4 N–H and O–H groups in total. The molecule has 0 bridgehead atoms. The lowest BCUT2D eigenvalue weighted by Gasteiger charge is -2.39. The zero-order valence-corrected chi connectivity index (χ0v) is 11.4. The van der Waals surface area contributed by atoms with E-state index in [4.69, 9.17) is 15.9 Å². The number of nitrogens with zero attached hydrogens (tertiary/aromatic N) is 1. The van der Waals surface area contributed by atoms with Crippen molar-refractivity contribution in [2.45, 2.75) is 26.0 Å². The number of morpholine rings is 1. The van der Waals surface area contributed by atoms with Crippen molar-refractivity contribution in [1.29, 1.82) is 5.41 Å². The number of hydrogen-bond acceptors (Lipinski definition) is 4. The standard InChI is InChI=1S/C14H21N3O2/c1-9-5-11(3-4-13(9)14(15)16)17-6-12(7-18)19-8-10(17)2/h3-5,10,12,18H,6-8H2,1-2H3,(H3,15,16). The van der Waals surface area contributed by atoms with E-state index in [1.54, 1.807) is 0 Å². The van der Waals surface area contributed by atoms with Crippen LogP contribution in [0, 0.1) is 12.3 Å². The topological polar surface area (TPSA) is 82.6 Å². The molecule has 19 heavy (non-hydrogen) atoms. The van der Waals surface area contributed by atoms with Gasteiger partial charge in [-0.25, -0.2) is 0 Å². The molecule has 1 aliphatic heterocycles. The van der Waals surface area contributed by atoms with Crippen LogP contribution in [0.2, 0.25) is 0 Å². The maximum Gasteiger partial charge on any atom is 0.123 e.